The minimum Gasteiger partial charge on any atom is -0.464 e. The third kappa shape index (κ3) is 1.61. The number of thiophene rings is 1. The van der Waals surface area contributed by atoms with Crippen LogP contribution in [0.2, 0.25) is 0 Å². The SMILES string of the molecule is Cc1ccc(C(N)c2sccc2C)o1. The van der Waals surface area contributed by atoms with Crippen molar-refractivity contribution in [3.63, 3.8) is 0 Å². The van der Waals surface area contributed by atoms with Gasteiger partial charge in [-0.25, -0.2) is 0 Å². The molecule has 2 aromatic rings. The van der Waals surface area contributed by atoms with Gasteiger partial charge in [-0.3, -0.25) is 0 Å². The van der Waals surface area contributed by atoms with Crippen molar-refractivity contribution in [3.05, 3.63) is 45.5 Å². The molecule has 0 aliphatic rings. The molecule has 0 saturated carbocycles. The fourth-order valence-electron chi connectivity index (χ4n) is 1.45. The fourth-order valence-corrected chi connectivity index (χ4v) is 2.39. The second kappa shape index (κ2) is 3.59. The molecule has 2 rings (SSSR count). The number of hydrogen-bond donors (Lipinski definition) is 1. The summed E-state index contributed by atoms with van der Waals surface area (Å²) in [6.45, 7) is 4.00. The predicted octanol–water partition coefficient (Wildman–Crippen LogP) is 3.01. The standard InChI is InChI=1S/C11H13NOS/c1-7-5-6-14-11(7)10(12)9-4-3-8(2)13-9/h3-6,10H,12H2,1-2H3. The van der Waals surface area contributed by atoms with Crippen LogP contribution in [0.25, 0.3) is 0 Å². The van der Waals surface area contributed by atoms with E-state index in [4.69, 9.17) is 10.2 Å². The van der Waals surface area contributed by atoms with Crippen molar-refractivity contribution in [2.75, 3.05) is 0 Å². The molecule has 0 aliphatic heterocycles. The molecule has 0 spiro atoms. The van der Waals surface area contributed by atoms with Crippen molar-refractivity contribution >= 4 is 11.3 Å². The third-order valence-electron chi connectivity index (χ3n) is 2.25. The topological polar surface area (TPSA) is 39.2 Å². The molecular weight excluding hydrogens is 194 g/mol. The number of rotatable bonds is 2. The third-order valence-corrected chi connectivity index (χ3v) is 3.35. The van der Waals surface area contributed by atoms with Gasteiger partial charge in [0.05, 0.1) is 6.04 Å². The highest BCUT2D eigenvalue weighted by Crippen LogP contribution is 2.28. The van der Waals surface area contributed by atoms with E-state index in [0.29, 0.717) is 0 Å². The average molecular weight is 207 g/mol. The maximum Gasteiger partial charge on any atom is 0.126 e. The summed E-state index contributed by atoms with van der Waals surface area (Å²) >= 11 is 1.68. The van der Waals surface area contributed by atoms with Crippen LogP contribution in [0.1, 0.15) is 28.0 Å². The van der Waals surface area contributed by atoms with Gasteiger partial charge in [0.1, 0.15) is 11.5 Å². The summed E-state index contributed by atoms with van der Waals surface area (Å²) < 4.78 is 5.51. The summed E-state index contributed by atoms with van der Waals surface area (Å²) in [5, 5.41) is 2.06. The number of furan rings is 1. The molecule has 1 unspecified atom stereocenters. The van der Waals surface area contributed by atoms with Crippen LogP contribution in [0, 0.1) is 13.8 Å². The molecule has 0 radical (unpaired) electrons. The Morgan fingerprint density at radius 3 is 2.57 bits per heavy atom. The van der Waals surface area contributed by atoms with Gasteiger partial charge < -0.3 is 10.2 Å². The Hall–Kier alpha value is -1.06. The molecule has 0 amide bonds. The molecule has 14 heavy (non-hydrogen) atoms. The highest BCUT2D eigenvalue weighted by molar-refractivity contribution is 7.10. The molecule has 3 heteroatoms. The van der Waals surface area contributed by atoms with Gasteiger partial charge in [-0.15, -0.1) is 11.3 Å². The lowest BCUT2D eigenvalue weighted by Crippen LogP contribution is -2.10. The molecule has 2 aromatic heterocycles. The van der Waals surface area contributed by atoms with Gasteiger partial charge in [0.25, 0.3) is 0 Å². The predicted molar refractivity (Wildman–Crippen MR) is 58.5 cm³/mol. The molecule has 2 nitrogen and oxygen atoms in total. The van der Waals surface area contributed by atoms with E-state index in [1.807, 2.05) is 19.1 Å². The van der Waals surface area contributed by atoms with Gasteiger partial charge in [0.2, 0.25) is 0 Å². The summed E-state index contributed by atoms with van der Waals surface area (Å²) in [4.78, 5) is 1.18. The second-order valence-corrected chi connectivity index (χ2v) is 4.34. The lowest BCUT2D eigenvalue weighted by atomic mass is 10.1. The summed E-state index contributed by atoms with van der Waals surface area (Å²) in [6.07, 6.45) is 0. The first-order valence-electron chi connectivity index (χ1n) is 4.54. The van der Waals surface area contributed by atoms with E-state index in [1.54, 1.807) is 11.3 Å². The zero-order valence-electron chi connectivity index (χ0n) is 8.28. The first-order valence-corrected chi connectivity index (χ1v) is 5.42. The lowest BCUT2D eigenvalue weighted by molar-refractivity contribution is 0.467. The van der Waals surface area contributed by atoms with Crippen LogP contribution >= 0.6 is 11.3 Å². The molecular formula is C11H13NOS. The van der Waals surface area contributed by atoms with Gasteiger partial charge in [-0.1, -0.05) is 0 Å². The summed E-state index contributed by atoms with van der Waals surface area (Å²) in [5.74, 6) is 1.75. The minimum atomic E-state index is -0.122. The molecule has 0 aromatic carbocycles. The molecule has 2 heterocycles. The van der Waals surface area contributed by atoms with E-state index in [9.17, 15) is 0 Å². The Labute approximate surface area is 87.4 Å². The quantitative estimate of drug-likeness (QED) is 0.822. The van der Waals surface area contributed by atoms with Gasteiger partial charge in [-0.05, 0) is 43.0 Å². The zero-order chi connectivity index (χ0) is 10.1. The highest BCUT2D eigenvalue weighted by atomic mass is 32.1. The van der Waals surface area contributed by atoms with E-state index in [-0.39, 0.29) is 6.04 Å². The van der Waals surface area contributed by atoms with Crippen molar-refractivity contribution in [3.8, 4) is 0 Å². The fraction of sp³-hybridized carbons (Fsp3) is 0.273. The monoisotopic (exact) mass is 207 g/mol. The molecule has 0 saturated heterocycles. The molecule has 1 atom stereocenters. The van der Waals surface area contributed by atoms with Crippen LogP contribution in [-0.4, -0.2) is 0 Å². The van der Waals surface area contributed by atoms with E-state index < -0.39 is 0 Å². The average Bonchev–Trinajstić information content (AvgIpc) is 2.73. The van der Waals surface area contributed by atoms with Crippen molar-refractivity contribution in [2.45, 2.75) is 19.9 Å². The van der Waals surface area contributed by atoms with Crippen LogP contribution in [0.4, 0.5) is 0 Å². The van der Waals surface area contributed by atoms with Crippen molar-refractivity contribution < 1.29 is 4.42 Å². The van der Waals surface area contributed by atoms with Gasteiger partial charge in [0, 0.05) is 4.88 Å². The van der Waals surface area contributed by atoms with Crippen molar-refractivity contribution in [2.24, 2.45) is 5.73 Å². The van der Waals surface area contributed by atoms with E-state index in [1.165, 1.54) is 10.4 Å². The number of hydrogen-bond acceptors (Lipinski definition) is 3. The van der Waals surface area contributed by atoms with E-state index in [0.717, 1.165) is 11.5 Å². The second-order valence-electron chi connectivity index (χ2n) is 3.39. The Morgan fingerprint density at radius 1 is 1.29 bits per heavy atom. The maximum atomic E-state index is 6.09. The minimum absolute atomic E-state index is 0.122. The Bertz CT molecular complexity index is 430. The Morgan fingerprint density at radius 2 is 2.07 bits per heavy atom. The molecule has 0 fully saturated rings. The van der Waals surface area contributed by atoms with Crippen molar-refractivity contribution in [1.82, 2.24) is 0 Å². The smallest absolute Gasteiger partial charge is 0.126 e. The van der Waals surface area contributed by atoms with Crippen LogP contribution < -0.4 is 5.73 Å². The summed E-state index contributed by atoms with van der Waals surface area (Å²) in [7, 11) is 0. The Kier molecular flexibility index (Phi) is 2.44. The maximum absolute atomic E-state index is 6.09. The summed E-state index contributed by atoms with van der Waals surface area (Å²) in [5.41, 5.74) is 7.32. The van der Waals surface area contributed by atoms with Gasteiger partial charge >= 0.3 is 0 Å². The summed E-state index contributed by atoms with van der Waals surface area (Å²) in [6, 6.07) is 5.84. The Balaban J connectivity index is 2.33. The van der Waals surface area contributed by atoms with Gasteiger partial charge in [-0.2, -0.15) is 0 Å². The molecule has 0 aliphatic carbocycles. The largest absolute Gasteiger partial charge is 0.464 e. The molecule has 0 bridgehead atoms. The van der Waals surface area contributed by atoms with Crippen LogP contribution in [0.15, 0.2) is 28.0 Å². The van der Waals surface area contributed by atoms with E-state index >= 15 is 0 Å². The normalized spacial score (nSPS) is 13.1. The first kappa shape index (κ1) is 9.49. The van der Waals surface area contributed by atoms with Crippen LogP contribution in [-0.2, 0) is 0 Å². The number of nitrogens with two attached hydrogens (primary N) is 1. The van der Waals surface area contributed by atoms with Gasteiger partial charge in [0.15, 0.2) is 0 Å². The van der Waals surface area contributed by atoms with Crippen LogP contribution in [0.5, 0.6) is 0 Å². The zero-order valence-corrected chi connectivity index (χ0v) is 9.10. The van der Waals surface area contributed by atoms with E-state index in [2.05, 4.69) is 18.4 Å². The lowest BCUT2D eigenvalue weighted by Gasteiger charge is -2.07. The highest BCUT2D eigenvalue weighted by Gasteiger charge is 2.15. The molecule has 2 N–H and O–H groups in total. The number of aryl methyl sites for hydroxylation is 2. The molecule has 74 valence electrons. The van der Waals surface area contributed by atoms with Crippen LogP contribution in [0.3, 0.4) is 0 Å². The first-order chi connectivity index (χ1) is 6.68. The van der Waals surface area contributed by atoms with Crippen molar-refractivity contribution in [1.29, 1.82) is 0 Å².